The van der Waals surface area contributed by atoms with Gasteiger partial charge >= 0.3 is 0 Å². The third kappa shape index (κ3) is 3.10. The zero-order valence-electron chi connectivity index (χ0n) is 10.1. The maximum absolute atomic E-state index is 11.7. The average Bonchev–Trinajstić information content (AvgIpc) is 2.83. The van der Waals surface area contributed by atoms with Crippen LogP contribution < -0.4 is 11.3 Å². The molecule has 3 N–H and O–H groups in total. The van der Waals surface area contributed by atoms with Crippen LogP contribution in [0.3, 0.4) is 0 Å². The molecule has 19 heavy (non-hydrogen) atoms. The fraction of sp³-hybridized carbons (Fsp3) is 0.167. The summed E-state index contributed by atoms with van der Waals surface area (Å²) in [5.74, 6) is 4.79. The summed E-state index contributed by atoms with van der Waals surface area (Å²) in [6.45, 7) is 0.257. The minimum Gasteiger partial charge on any atom is -0.378 e. The second kappa shape index (κ2) is 6.12. The van der Waals surface area contributed by atoms with Gasteiger partial charge in [0, 0.05) is 17.7 Å². The molecule has 0 saturated carbocycles. The number of carbonyl (C=O) groups excluding carboxylic acids is 1. The van der Waals surface area contributed by atoms with Crippen LogP contribution >= 0.6 is 22.9 Å². The Morgan fingerprint density at radius 3 is 2.74 bits per heavy atom. The van der Waals surface area contributed by atoms with Gasteiger partial charge in [0.2, 0.25) is 0 Å². The highest BCUT2D eigenvalue weighted by Crippen LogP contribution is 2.29. The van der Waals surface area contributed by atoms with Crippen LogP contribution in [0, 0.1) is 0 Å². The lowest BCUT2D eigenvalue weighted by Crippen LogP contribution is -2.30. The molecule has 1 heterocycles. The predicted octanol–water partition coefficient (Wildman–Crippen LogP) is 2.21. The van der Waals surface area contributed by atoms with Gasteiger partial charge in [-0.1, -0.05) is 23.7 Å². The van der Waals surface area contributed by atoms with Crippen molar-refractivity contribution >= 4 is 28.8 Å². The first-order valence-corrected chi connectivity index (χ1v) is 6.60. The zero-order chi connectivity index (χ0) is 13.8. The Labute approximate surface area is 119 Å². The van der Waals surface area contributed by atoms with Gasteiger partial charge in [-0.3, -0.25) is 10.2 Å². The maximum atomic E-state index is 11.7. The van der Waals surface area contributed by atoms with Gasteiger partial charge in [-0.15, -0.1) is 11.3 Å². The molecule has 1 amide bonds. The summed E-state index contributed by atoms with van der Waals surface area (Å²) in [5.41, 5.74) is 3.57. The smallest absolute Gasteiger partial charge is 0.277 e. The quantitative estimate of drug-likeness (QED) is 0.515. The van der Waals surface area contributed by atoms with Gasteiger partial charge in [-0.05, 0) is 12.1 Å². The molecule has 0 aliphatic rings. The van der Waals surface area contributed by atoms with Crippen molar-refractivity contribution in [2.24, 2.45) is 5.84 Å². The lowest BCUT2D eigenvalue weighted by molar-refractivity contribution is 0.0952. The summed E-state index contributed by atoms with van der Waals surface area (Å²) < 4.78 is 5.03. The molecule has 0 unspecified atom stereocenters. The first kappa shape index (κ1) is 14.0. The molecule has 5 nitrogen and oxygen atoms in total. The lowest BCUT2D eigenvalue weighted by atomic mass is 10.2. The largest absolute Gasteiger partial charge is 0.378 e. The van der Waals surface area contributed by atoms with Crippen molar-refractivity contribution in [3.05, 3.63) is 39.9 Å². The Morgan fingerprint density at radius 1 is 1.47 bits per heavy atom. The number of rotatable bonds is 4. The Morgan fingerprint density at radius 2 is 2.16 bits per heavy atom. The van der Waals surface area contributed by atoms with Gasteiger partial charge in [0.15, 0.2) is 0 Å². The van der Waals surface area contributed by atoms with Crippen LogP contribution in [0.5, 0.6) is 0 Å². The van der Waals surface area contributed by atoms with Gasteiger partial charge in [-0.2, -0.15) is 0 Å². The number of methoxy groups -OCH3 is 1. The number of amides is 1. The number of thiazole rings is 1. The molecule has 1 aromatic heterocycles. The normalized spacial score (nSPS) is 10.5. The first-order valence-electron chi connectivity index (χ1n) is 5.41. The molecule has 100 valence electrons. The van der Waals surface area contributed by atoms with Crippen LogP contribution in [0.1, 0.15) is 15.4 Å². The van der Waals surface area contributed by atoms with Crippen molar-refractivity contribution in [1.29, 1.82) is 0 Å². The number of nitrogens with one attached hydrogen (secondary N) is 1. The number of hydrogen-bond acceptors (Lipinski definition) is 5. The van der Waals surface area contributed by atoms with E-state index in [1.165, 1.54) is 11.3 Å². The topological polar surface area (TPSA) is 77.2 Å². The lowest BCUT2D eigenvalue weighted by Gasteiger charge is -1.98. The summed E-state index contributed by atoms with van der Waals surface area (Å²) in [7, 11) is 1.55. The molecule has 0 radical (unpaired) electrons. The predicted molar refractivity (Wildman–Crippen MR) is 74.9 cm³/mol. The van der Waals surface area contributed by atoms with Crippen LogP contribution in [0.4, 0.5) is 0 Å². The van der Waals surface area contributed by atoms with Crippen molar-refractivity contribution in [1.82, 2.24) is 10.4 Å². The molecule has 1 aromatic carbocycles. The number of nitrogens with two attached hydrogens (primary N) is 1. The van der Waals surface area contributed by atoms with Gasteiger partial charge in [0.25, 0.3) is 5.91 Å². The van der Waals surface area contributed by atoms with E-state index in [0.29, 0.717) is 15.6 Å². The third-order valence-electron chi connectivity index (χ3n) is 2.41. The monoisotopic (exact) mass is 297 g/mol. The molecule has 0 fully saturated rings. The van der Waals surface area contributed by atoms with Crippen LogP contribution in [0.15, 0.2) is 24.3 Å². The summed E-state index contributed by atoms with van der Waals surface area (Å²) in [4.78, 5) is 16.5. The fourth-order valence-corrected chi connectivity index (χ4v) is 2.65. The highest BCUT2D eigenvalue weighted by atomic mass is 35.5. The summed E-state index contributed by atoms with van der Waals surface area (Å²) in [6, 6.07) is 7.25. The van der Waals surface area contributed by atoms with Crippen molar-refractivity contribution in [2.45, 2.75) is 6.61 Å². The molecule has 0 atom stereocenters. The van der Waals surface area contributed by atoms with E-state index < -0.39 is 0 Å². The first-order chi connectivity index (χ1) is 9.15. The highest BCUT2D eigenvalue weighted by Gasteiger charge is 2.18. The Bertz CT molecular complexity index is 583. The van der Waals surface area contributed by atoms with Crippen LogP contribution in [-0.2, 0) is 11.3 Å². The molecule has 0 aliphatic heterocycles. The van der Waals surface area contributed by atoms with Crippen LogP contribution in [0.2, 0.25) is 5.02 Å². The van der Waals surface area contributed by atoms with E-state index in [1.807, 2.05) is 12.1 Å². The number of halogens is 1. The summed E-state index contributed by atoms with van der Waals surface area (Å²) in [5, 5.41) is 1.37. The van der Waals surface area contributed by atoms with Crippen molar-refractivity contribution in [3.63, 3.8) is 0 Å². The number of hydrazine groups is 1. The molecular weight excluding hydrogens is 286 g/mol. The van der Waals surface area contributed by atoms with E-state index >= 15 is 0 Å². The van der Waals surface area contributed by atoms with E-state index in [4.69, 9.17) is 22.2 Å². The number of nitrogen functional groups attached to an aromatic ring is 1. The number of aromatic nitrogens is 1. The van der Waals surface area contributed by atoms with E-state index in [0.717, 1.165) is 10.6 Å². The molecule has 7 heteroatoms. The summed E-state index contributed by atoms with van der Waals surface area (Å²) in [6.07, 6.45) is 0. The standard InChI is InChI=1S/C12H12ClN3O2S/c1-18-6-9-10(11(17)16-14)19-12(15-9)7-2-4-8(13)5-3-7/h2-5H,6,14H2,1H3,(H,16,17). The van der Waals surface area contributed by atoms with E-state index in [-0.39, 0.29) is 12.5 Å². The summed E-state index contributed by atoms with van der Waals surface area (Å²) >= 11 is 7.11. The van der Waals surface area contributed by atoms with E-state index in [1.54, 1.807) is 19.2 Å². The third-order valence-corrected chi connectivity index (χ3v) is 3.80. The molecule has 0 saturated heterocycles. The van der Waals surface area contributed by atoms with Gasteiger partial charge in [0.05, 0.1) is 12.3 Å². The van der Waals surface area contributed by atoms with Crippen molar-refractivity contribution < 1.29 is 9.53 Å². The fourth-order valence-electron chi connectivity index (χ4n) is 1.55. The Hall–Kier alpha value is -1.47. The van der Waals surface area contributed by atoms with Crippen molar-refractivity contribution in [3.8, 4) is 10.6 Å². The van der Waals surface area contributed by atoms with Crippen molar-refractivity contribution in [2.75, 3.05) is 7.11 Å². The average molecular weight is 298 g/mol. The van der Waals surface area contributed by atoms with E-state index in [2.05, 4.69) is 10.4 Å². The minimum absolute atomic E-state index is 0.257. The van der Waals surface area contributed by atoms with Crippen LogP contribution in [0.25, 0.3) is 10.6 Å². The van der Waals surface area contributed by atoms with E-state index in [9.17, 15) is 4.79 Å². The van der Waals surface area contributed by atoms with Gasteiger partial charge in [0.1, 0.15) is 9.88 Å². The molecule has 0 aliphatic carbocycles. The number of carbonyl (C=O) groups is 1. The molecule has 0 spiro atoms. The Kier molecular flexibility index (Phi) is 4.49. The molecule has 2 aromatic rings. The van der Waals surface area contributed by atoms with Crippen LogP contribution in [-0.4, -0.2) is 18.0 Å². The van der Waals surface area contributed by atoms with Gasteiger partial charge in [-0.25, -0.2) is 10.8 Å². The van der Waals surface area contributed by atoms with Gasteiger partial charge < -0.3 is 4.74 Å². The minimum atomic E-state index is -0.371. The number of nitrogens with zero attached hydrogens (tertiary/aromatic N) is 1. The number of ether oxygens (including phenoxy) is 1. The number of hydrogen-bond donors (Lipinski definition) is 2. The maximum Gasteiger partial charge on any atom is 0.277 e. The second-order valence-electron chi connectivity index (χ2n) is 3.71. The molecule has 0 bridgehead atoms. The highest BCUT2D eigenvalue weighted by molar-refractivity contribution is 7.17. The molecular formula is C12H12ClN3O2S. The SMILES string of the molecule is COCc1nc(-c2ccc(Cl)cc2)sc1C(=O)NN. The molecule has 2 rings (SSSR count). The Balaban J connectivity index is 2.41. The zero-order valence-corrected chi connectivity index (χ0v) is 11.7. The number of benzene rings is 1. The second-order valence-corrected chi connectivity index (χ2v) is 5.14.